The van der Waals surface area contributed by atoms with Crippen molar-refractivity contribution in [3.8, 4) is 11.3 Å². The molecule has 0 aliphatic heterocycles. The average molecular weight is 315 g/mol. The summed E-state index contributed by atoms with van der Waals surface area (Å²) in [7, 11) is -3.60. The van der Waals surface area contributed by atoms with E-state index in [4.69, 9.17) is 0 Å². The number of nitrogens with zero attached hydrogens (tertiary/aromatic N) is 2. The smallest absolute Gasteiger partial charge is 0.238 e. The molecule has 0 amide bonds. The largest absolute Gasteiger partial charge is 0.262 e. The van der Waals surface area contributed by atoms with E-state index in [0.717, 1.165) is 5.56 Å². The SMILES string of the molecule is O=S(=O)(Cc1ccccc1)Nc1nonc1-c1ccccc1. The van der Waals surface area contributed by atoms with Crippen LogP contribution in [0, 0.1) is 0 Å². The summed E-state index contributed by atoms with van der Waals surface area (Å²) in [5, 5.41) is 7.41. The van der Waals surface area contributed by atoms with E-state index >= 15 is 0 Å². The monoisotopic (exact) mass is 315 g/mol. The highest BCUT2D eigenvalue weighted by molar-refractivity contribution is 7.91. The van der Waals surface area contributed by atoms with Crippen molar-refractivity contribution in [1.29, 1.82) is 0 Å². The van der Waals surface area contributed by atoms with Gasteiger partial charge in [0.1, 0.15) is 0 Å². The highest BCUT2D eigenvalue weighted by atomic mass is 32.2. The molecule has 0 unspecified atom stereocenters. The van der Waals surface area contributed by atoms with Gasteiger partial charge >= 0.3 is 0 Å². The minimum Gasteiger partial charge on any atom is -0.262 e. The fourth-order valence-electron chi connectivity index (χ4n) is 2.02. The summed E-state index contributed by atoms with van der Waals surface area (Å²) in [6, 6.07) is 18.0. The molecular weight excluding hydrogens is 302 g/mol. The molecule has 0 aliphatic carbocycles. The topological polar surface area (TPSA) is 85.1 Å². The predicted octanol–water partition coefficient (Wildman–Crippen LogP) is 2.68. The van der Waals surface area contributed by atoms with E-state index in [1.807, 2.05) is 24.3 Å². The molecular formula is C15H13N3O3S. The molecule has 1 N–H and O–H groups in total. The first-order valence-electron chi connectivity index (χ1n) is 6.56. The van der Waals surface area contributed by atoms with Crippen molar-refractivity contribution in [3.05, 3.63) is 66.2 Å². The van der Waals surface area contributed by atoms with Gasteiger partial charge in [0.15, 0.2) is 5.69 Å². The fourth-order valence-corrected chi connectivity index (χ4v) is 3.15. The highest BCUT2D eigenvalue weighted by Crippen LogP contribution is 2.25. The Balaban J connectivity index is 1.83. The molecule has 3 aromatic rings. The lowest BCUT2D eigenvalue weighted by Gasteiger charge is -2.06. The van der Waals surface area contributed by atoms with E-state index < -0.39 is 10.0 Å². The van der Waals surface area contributed by atoms with Crippen molar-refractivity contribution < 1.29 is 13.0 Å². The van der Waals surface area contributed by atoms with Crippen LogP contribution in [0.5, 0.6) is 0 Å². The van der Waals surface area contributed by atoms with Crippen LogP contribution in [0.25, 0.3) is 11.3 Å². The molecule has 1 aromatic heterocycles. The van der Waals surface area contributed by atoms with Crippen LogP contribution in [-0.4, -0.2) is 18.7 Å². The third kappa shape index (κ3) is 3.32. The Kier molecular flexibility index (Phi) is 3.88. The van der Waals surface area contributed by atoms with E-state index in [-0.39, 0.29) is 11.6 Å². The molecule has 3 rings (SSSR count). The molecule has 0 aliphatic rings. The lowest BCUT2D eigenvalue weighted by Crippen LogP contribution is -2.15. The normalized spacial score (nSPS) is 11.3. The molecule has 0 saturated heterocycles. The molecule has 0 saturated carbocycles. The first-order chi connectivity index (χ1) is 10.6. The quantitative estimate of drug-likeness (QED) is 0.782. The van der Waals surface area contributed by atoms with Crippen LogP contribution < -0.4 is 4.72 Å². The van der Waals surface area contributed by atoms with Crippen LogP contribution in [0.1, 0.15) is 5.56 Å². The second-order valence-corrected chi connectivity index (χ2v) is 6.40. The zero-order chi connectivity index (χ0) is 15.4. The van der Waals surface area contributed by atoms with Crippen LogP contribution in [0.2, 0.25) is 0 Å². The van der Waals surface area contributed by atoms with Gasteiger partial charge in [-0.25, -0.2) is 13.0 Å². The summed E-state index contributed by atoms with van der Waals surface area (Å²) in [5.41, 5.74) is 1.77. The van der Waals surface area contributed by atoms with Crippen LogP contribution >= 0.6 is 0 Å². The van der Waals surface area contributed by atoms with E-state index in [1.54, 1.807) is 36.4 Å². The number of hydrogen-bond acceptors (Lipinski definition) is 5. The zero-order valence-corrected chi connectivity index (χ0v) is 12.3. The Bertz CT molecular complexity index is 846. The van der Waals surface area contributed by atoms with Crippen molar-refractivity contribution in [3.63, 3.8) is 0 Å². The summed E-state index contributed by atoms with van der Waals surface area (Å²) in [6.07, 6.45) is 0. The van der Waals surface area contributed by atoms with Gasteiger partial charge in [-0.2, -0.15) is 0 Å². The van der Waals surface area contributed by atoms with E-state index in [2.05, 4.69) is 19.7 Å². The maximum Gasteiger partial charge on any atom is 0.238 e. The summed E-state index contributed by atoms with van der Waals surface area (Å²) in [4.78, 5) is 0. The van der Waals surface area contributed by atoms with E-state index in [0.29, 0.717) is 11.3 Å². The van der Waals surface area contributed by atoms with Crippen molar-refractivity contribution >= 4 is 15.8 Å². The van der Waals surface area contributed by atoms with Crippen LogP contribution in [0.4, 0.5) is 5.82 Å². The van der Waals surface area contributed by atoms with Gasteiger partial charge in [0.05, 0.1) is 5.75 Å². The minimum absolute atomic E-state index is 0.0853. The zero-order valence-electron chi connectivity index (χ0n) is 11.5. The Hall–Kier alpha value is -2.67. The standard InChI is InChI=1S/C15H13N3O3S/c19-22(20,11-12-7-3-1-4-8-12)18-15-14(16-21-17-15)13-9-5-2-6-10-13/h1-10H,11H2,(H,17,18). The number of hydrogen-bond donors (Lipinski definition) is 1. The first kappa shape index (κ1) is 14.3. The van der Waals surface area contributed by atoms with E-state index in [9.17, 15) is 8.42 Å². The van der Waals surface area contributed by atoms with E-state index in [1.165, 1.54) is 0 Å². The lowest BCUT2D eigenvalue weighted by molar-refractivity contribution is 0.310. The summed E-state index contributed by atoms with van der Waals surface area (Å²) < 4.78 is 31.5. The maximum absolute atomic E-state index is 12.2. The molecule has 1 heterocycles. The predicted molar refractivity (Wildman–Crippen MR) is 82.4 cm³/mol. The number of anilines is 1. The molecule has 0 spiro atoms. The van der Waals surface area contributed by atoms with Crippen LogP contribution in [0.3, 0.4) is 0 Å². The number of aromatic nitrogens is 2. The molecule has 0 bridgehead atoms. The molecule has 112 valence electrons. The van der Waals surface area contributed by atoms with Gasteiger partial charge < -0.3 is 0 Å². The van der Waals surface area contributed by atoms with Gasteiger partial charge in [0.25, 0.3) is 0 Å². The third-order valence-corrected chi connectivity index (χ3v) is 4.21. The van der Waals surface area contributed by atoms with Gasteiger partial charge in [-0.3, -0.25) is 4.72 Å². The van der Waals surface area contributed by atoms with Gasteiger partial charge in [0, 0.05) is 5.56 Å². The number of rotatable bonds is 5. The molecule has 0 radical (unpaired) electrons. The lowest BCUT2D eigenvalue weighted by atomic mass is 10.2. The Morgan fingerprint density at radius 3 is 2.23 bits per heavy atom. The highest BCUT2D eigenvalue weighted by Gasteiger charge is 2.19. The molecule has 2 aromatic carbocycles. The van der Waals surface area contributed by atoms with Gasteiger partial charge in [0.2, 0.25) is 15.8 Å². The second-order valence-electron chi connectivity index (χ2n) is 4.67. The van der Waals surface area contributed by atoms with Crippen molar-refractivity contribution in [2.75, 3.05) is 4.72 Å². The minimum atomic E-state index is -3.60. The molecule has 22 heavy (non-hydrogen) atoms. The average Bonchev–Trinajstić information content (AvgIpc) is 2.96. The van der Waals surface area contributed by atoms with Gasteiger partial charge in [-0.1, -0.05) is 60.7 Å². The summed E-state index contributed by atoms with van der Waals surface area (Å²) >= 11 is 0. The molecule has 0 fully saturated rings. The van der Waals surface area contributed by atoms with Crippen molar-refractivity contribution in [1.82, 2.24) is 10.3 Å². The van der Waals surface area contributed by atoms with Gasteiger partial charge in [-0.15, -0.1) is 0 Å². The Morgan fingerprint density at radius 1 is 0.909 bits per heavy atom. The van der Waals surface area contributed by atoms with Crippen LogP contribution in [-0.2, 0) is 15.8 Å². The third-order valence-electron chi connectivity index (χ3n) is 2.99. The summed E-state index contributed by atoms with van der Waals surface area (Å²) in [5.74, 6) is -0.0586. The second kappa shape index (κ2) is 5.98. The number of benzene rings is 2. The fraction of sp³-hybridized carbons (Fsp3) is 0.0667. The first-order valence-corrected chi connectivity index (χ1v) is 8.22. The number of sulfonamides is 1. The Morgan fingerprint density at radius 2 is 1.55 bits per heavy atom. The molecule has 0 atom stereocenters. The van der Waals surface area contributed by atoms with Crippen LogP contribution in [0.15, 0.2) is 65.3 Å². The van der Waals surface area contributed by atoms with Gasteiger partial charge in [-0.05, 0) is 15.9 Å². The Labute approximate surface area is 127 Å². The molecule has 6 nitrogen and oxygen atoms in total. The number of nitrogens with one attached hydrogen (secondary N) is 1. The maximum atomic E-state index is 12.2. The van der Waals surface area contributed by atoms with Crippen molar-refractivity contribution in [2.45, 2.75) is 5.75 Å². The van der Waals surface area contributed by atoms with Crippen molar-refractivity contribution in [2.24, 2.45) is 0 Å². The molecule has 7 heteroatoms. The summed E-state index contributed by atoms with van der Waals surface area (Å²) in [6.45, 7) is 0.